The highest BCUT2D eigenvalue weighted by atomic mass is 16.1. The second-order valence-electron chi connectivity index (χ2n) is 6.31. The van der Waals surface area contributed by atoms with E-state index in [-0.39, 0.29) is 5.92 Å². The molecule has 104 valence electrons. The molecule has 2 rings (SSSR count). The Bertz CT molecular complexity index is 387. The van der Waals surface area contributed by atoms with E-state index in [1.807, 2.05) is 18.2 Å². The van der Waals surface area contributed by atoms with E-state index >= 15 is 0 Å². The number of benzene rings is 1. The van der Waals surface area contributed by atoms with E-state index in [4.69, 9.17) is 0 Å². The second kappa shape index (κ2) is 6.88. The van der Waals surface area contributed by atoms with Crippen LogP contribution >= 0.6 is 0 Å². The van der Waals surface area contributed by atoms with Gasteiger partial charge in [-0.2, -0.15) is 0 Å². The van der Waals surface area contributed by atoms with Gasteiger partial charge in [-0.1, -0.05) is 76.3 Å². The van der Waals surface area contributed by atoms with Gasteiger partial charge in [-0.3, -0.25) is 4.79 Å². The fraction of sp³-hybridized carbons (Fsp3) is 0.611. The van der Waals surface area contributed by atoms with Crippen LogP contribution in [0.15, 0.2) is 30.3 Å². The topological polar surface area (TPSA) is 17.1 Å². The molecule has 0 N–H and O–H groups in total. The molecule has 0 aromatic heterocycles. The number of Topliss-reactive ketones (excluding diaryl/α,β-unsaturated/α-hetero) is 1. The van der Waals surface area contributed by atoms with Crippen LogP contribution < -0.4 is 0 Å². The summed E-state index contributed by atoms with van der Waals surface area (Å²) in [6, 6.07) is 10.3. The quantitative estimate of drug-likeness (QED) is 0.729. The molecular weight excluding hydrogens is 232 g/mol. The highest BCUT2D eigenvalue weighted by molar-refractivity contribution is 5.86. The van der Waals surface area contributed by atoms with Crippen molar-refractivity contribution in [1.29, 1.82) is 0 Å². The minimum absolute atomic E-state index is 0.0862. The van der Waals surface area contributed by atoms with Gasteiger partial charge in [0.25, 0.3) is 0 Å². The van der Waals surface area contributed by atoms with Crippen LogP contribution in [0.3, 0.4) is 0 Å². The smallest absolute Gasteiger partial charge is 0.140 e. The summed E-state index contributed by atoms with van der Waals surface area (Å²) in [5.41, 5.74) is 1.19. The van der Waals surface area contributed by atoms with Crippen molar-refractivity contribution in [3.63, 3.8) is 0 Å². The summed E-state index contributed by atoms with van der Waals surface area (Å²) in [5, 5.41) is 0. The lowest BCUT2D eigenvalue weighted by atomic mass is 9.78. The van der Waals surface area contributed by atoms with Crippen LogP contribution in [0, 0.1) is 11.8 Å². The Morgan fingerprint density at radius 1 is 1.11 bits per heavy atom. The fourth-order valence-electron chi connectivity index (χ4n) is 3.41. The maximum atomic E-state index is 12.7. The molecule has 1 aromatic rings. The zero-order valence-corrected chi connectivity index (χ0v) is 12.3. The van der Waals surface area contributed by atoms with Gasteiger partial charge in [0.2, 0.25) is 0 Å². The molecule has 0 spiro atoms. The lowest BCUT2D eigenvalue weighted by Gasteiger charge is -2.25. The first kappa shape index (κ1) is 14.3. The Labute approximate surface area is 117 Å². The summed E-state index contributed by atoms with van der Waals surface area (Å²) in [6.07, 6.45) is 7.29. The molecule has 1 nitrogen and oxygen atoms in total. The van der Waals surface area contributed by atoms with Crippen LogP contribution in [0.5, 0.6) is 0 Å². The van der Waals surface area contributed by atoms with E-state index in [1.165, 1.54) is 37.7 Å². The number of rotatable bonds is 5. The van der Waals surface area contributed by atoms with Crippen LogP contribution in [0.4, 0.5) is 0 Å². The zero-order valence-electron chi connectivity index (χ0n) is 12.3. The van der Waals surface area contributed by atoms with Crippen LogP contribution in [0.1, 0.15) is 63.9 Å². The van der Waals surface area contributed by atoms with Crippen LogP contribution in [-0.2, 0) is 4.79 Å². The second-order valence-corrected chi connectivity index (χ2v) is 6.31. The third kappa shape index (κ3) is 3.92. The van der Waals surface area contributed by atoms with Gasteiger partial charge in [-0.15, -0.1) is 0 Å². The van der Waals surface area contributed by atoms with Crippen molar-refractivity contribution < 1.29 is 4.79 Å². The molecule has 1 saturated carbocycles. The zero-order chi connectivity index (χ0) is 13.7. The first-order chi connectivity index (χ1) is 9.18. The number of carbonyl (C=O) groups excluding carboxylic acids is 1. The number of hydrogen-bond acceptors (Lipinski definition) is 1. The predicted octanol–water partition coefficient (Wildman–Crippen LogP) is 4.97. The minimum Gasteiger partial charge on any atom is -0.299 e. The van der Waals surface area contributed by atoms with E-state index in [0.29, 0.717) is 17.6 Å². The lowest BCUT2D eigenvalue weighted by molar-refractivity contribution is -0.122. The third-order valence-corrected chi connectivity index (χ3v) is 4.39. The van der Waals surface area contributed by atoms with Crippen molar-refractivity contribution in [3.8, 4) is 0 Å². The largest absolute Gasteiger partial charge is 0.299 e. The van der Waals surface area contributed by atoms with E-state index in [9.17, 15) is 4.79 Å². The van der Waals surface area contributed by atoms with Crippen molar-refractivity contribution in [3.05, 3.63) is 35.9 Å². The van der Waals surface area contributed by atoms with Gasteiger partial charge < -0.3 is 0 Å². The third-order valence-electron chi connectivity index (χ3n) is 4.39. The Kier molecular flexibility index (Phi) is 5.18. The average molecular weight is 258 g/mol. The van der Waals surface area contributed by atoms with Gasteiger partial charge >= 0.3 is 0 Å². The van der Waals surface area contributed by atoms with E-state index in [1.54, 1.807) is 0 Å². The highest BCUT2D eigenvalue weighted by Crippen LogP contribution is 2.32. The lowest BCUT2D eigenvalue weighted by Crippen LogP contribution is -2.22. The van der Waals surface area contributed by atoms with Gasteiger partial charge in [-0.25, -0.2) is 0 Å². The summed E-state index contributed by atoms with van der Waals surface area (Å²) in [6.45, 7) is 4.33. The summed E-state index contributed by atoms with van der Waals surface area (Å²) in [7, 11) is 0. The summed E-state index contributed by atoms with van der Waals surface area (Å²) in [4.78, 5) is 12.7. The molecule has 0 bridgehead atoms. The molecule has 0 heterocycles. The van der Waals surface area contributed by atoms with E-state index < -0.39 is 0 Å². The number of ketones is 1. The molecule has 0 radical (unpaired) electrons. The number of hydrogen-bond donors (Lipinski definition) is 0. The molecule has 1 unspecified atom stereocenters. The Morgan fingerprint density at radius 2 is 1.74 bits per heavy atom. The highest BCUT2D eigenvalue weighted by Gasteiger charge is 2.26. The van der Waals surface area contributed by atoms with Gasteiger partial charge in [0.15, 0.2) is 0 Å². The molecule has 19 heavy (non-hydrogen) atoms. The molecule has 1 aromatic carbocycles. The molecule has 1 aliphatic rings. The summed E-state index contributed by atoms with van der Waals surface area (Å²) >= 11 is 0. The molecule has 0 amide bonds. The van der Waals surface area contributed by atoms with Gasteiger partial charge in [0.05, 0.1) is 0 Å². The maximum absolute atomic E-state index is 12.7. The SMILES string of the molecule is CC(C)C(C(=O)CC1CCCCC1)c1ccccc1. The van der Waals surface area contributed by atoms with Crippen molar-refractivity contribution in [1.82, 2.24) is 0 Å². The molecule has 0 saturated heterocycles. The van der Waals surface area contributed by atoms with Crippen LogP contribution in [-0.4, -0.2) is 5.78 Å². The first-order valence-corrected chi connectivity index (χ1v) is 7.76. The minimum atomic E-state index is 0.0862. The van der Waals surface area contributed by atoms with Crippen molar-refractivity contribution in [2.24, 2.45) is 11.8 Å². The molecular formula is C18H26O. The maximum Gasteiger partial charge on any atom is 0.140 e. The van der Waals surface area contributed by atoms with Crippen molar-refractivity contribution >= 4 is 5.78 Å². The standard InChI is InChI=1S/C18H26O/c1-14(2)18(16-11-7-4-8-12-16)17(19)13-15-9-5-3-6-10-15/h4,7-8,11-12,14-15,18H,3,5-6,9-10,13H2,1-2H3. The Hall–Kier alpha value is -1.11. The Balaban J connectivity index is 2.04. The molecule has 1 heteroatoms. The van der Waals surface area contributed by atoms with Gasteiger partial charge in [0, 0.05) is 12.3 Å². The Morgan fingerprint density at radius 3 is 2.32 bits per heavy atom. The average Bonchev–Trinajstić information content (AvgIpc) is 2.40. The van der Waals surface area contributed by atoms with Crippen molar-refractivity contribution in [2.75, 3.05) is 0 Å². The van der Waals surface area contributed by atoms with Gasteiger partial charge in [-0.05, 0) is 17.4 Å². The molecule has 1 atom stereocenters. The van der Waals surface area contributed by atoms with Crippen molar-refractivity contribution in [2.45, 2.75) is 58.3 Å². The summed E-state index contributed by atoms with van der Waals surface area (Å²) in [5.74, 6) is 1.57. The van der Waals surface area contributed by atoms with Crippen LogP contribution in [0.2, 0.25) is 0 Å². The molecule has 1 fully saturated rings. The first-order valence-electron chi connectivity index (χ1n) is 7.76. The van der Waals surface area contributed by atoms with Crippen LogP contribution in [0.25, 0.3) is 0 Å². The number of carbonyl (C=O) groups is 1. The molecule has 1 aliphatic carbocycles. The fourth-order valence-corrected chi connectivity index (χ4v) is 3.41. The predicted molar refractivity (Wildman–Crippen MR) is 80.2 cm³/mol. The summed E-state index contributed by atoms with van der Waals surface area (Å²) < 4.78 is 0. The monoisotopic (exact) mass is 258 g/mol. The van der Waals surface area contributed by atoms with E-state index in [0.717, 1.165) is 6.42 Å². The van der Waals surface area contributed by atoms with E-state index in [2.05, 4.69) is 26.0 Å². The normalized spacial score (nSPS) is 18.5. The molecule has 0 aliphatic heterocycles. The van der Waals surface area contributed by atoms with Gasteiger partial charge in [0.1, 0.15) is 5.78 Å².